The normalized spacial score (nSPS) is 25.2. The van der Waals surface area contributed by atoms with E-state index in [1.54, 1.807) is 0 Å². The molecule has 2 heterocycles. The van der Waals surface area contributed by atoms with E-state index in [1.165, 1.54) is 0 Å². The molecule has 3 nitrogen and oxygen atoms in total. The molecule has 0 saturated carbocycles. The predicted molar refractivity (Wildman–Crippen MR) is 84.1 cm³/mol. The van der Waals surface area contributed by atoms with Crippen LogP contribution in [0.1, 0.15) is 38.9 Å². The molecule has 0 radical (unpaired) electrons. The molecule has 3 atom stereocenters. The van der Waals surface area contributed by atoms with Crippen molar-refractivity contribution >= 4 is 29.3 Å². The molecule has 1 aromatic heterocycles. The minimum absolute atomic E-state index is 0.146. The summed E-state index contributed by atoms with van der Waals surface area (Å²) in [5.74, 6) is 2.59. The van der Waals surface area contributed by atoms with E-state index in [1.807, 2.05) is 40.5 Å². The summed E-state index contributed by atoms with van der Waals surface area (Å²) in [5, 5.41) is 5.10. The van der Waals surface area contributed by atoms with Crippen LogP contribution < -0.4 is 0 Å². The number of rotatable bonds is 5. The van der Waals surface area contributed by atoms with Crippen molar-refractivity contribution < 1.29 is 4.79 Å². The van der Waals surface area contributed by atoms with Gasteiger partial charge in [-0.3, -0.25) is 9.48 Å². The predicted octanol–water partition coefficient (Wildman–Crippen LogP) is 3.20. The molecule has 1 aliphatic rings. The summed E-state index contributed by atoms with van der Waals surface area (Å²) in [6, 6.07) is 2.39. The van der Waals surface area contributed by atoms with E-state index in [-0.39, 0.29) is 5.25 Å². The summed E-state index contributed by atoms with van der Waals surface area (Å²) in [6.45, 7) is 6.46. The van der Waals surface area contributed by atoms with Crippen molar-refractivity contribution in [2.24, 2.45) is 0 Å². The maximum atomic E-state index is 12.3. The lowest BCUT2D eigenvalue weighted by Gasteiger charge is -2.26. The highest BCUT2D eigenvalue weighted by atomic mass is 32.2. The molecule has 0 amide bonds. The lowest BCUT2D eigenvalue weighted by atomic mass is 10.1. The Morgan fingerprint density at radius 1 is 1.53 bits per heavy atom. The van der Waals surface area contributed by atoms with Gasteiger partial charge in [-0.15, -0.1) is 11.8 Å². The van der Waals surface area contributed by atoms with Crippen molar-refractivity contribution in [1.82, 2.24) is 9.78 Å². The van der Waals surface area contributed by atoms with Crippen molar-refractivity contribution in [3.8, 4) is 0 Å². The lowest BCUT2D eigenvalue weighted by molar-refractivity contribution is -0.117. The van der Waals surface area contributed by atoms with Crippen molar-refractivity contribution in [3.63, 3.8) is 0 Å². The lowest BCUT2D eigenvalue weighted by Crippen LogP contribution is -2.32. The van der Waals surface area contributed by atoms with Crippen molar-refractivity contribution in [2.45, 2.75) is 50.2 Å². The van der Waals surface area contributed by atoms with Gasteiger partial charge in [-0.2, -0.15) is 16.9 Å². The molecule has 0 bridgehead atoms. The van der Waals surface area contributed by atoms with Gasteiger partial charge < -0.3 is 0 Å². The second-order valence-electron chi connectivity index (χ2n) is 5.05. The molecule has 0 spiro atoms. The van der Waals surface area contributed by atoms with Crippen LogP contribution in [0, 0.1) is 0 Å². The topological polar surface area (TPSA) is 34.9 Å². The first-order valence-electron chi connectivity index (χ1n) is 6.91. The van der Waals surface area contributed by atoms with Crippen LogP contribution in [-0.4, -0.2) is 37.6 Å². The van der Waals surface area contributed by atoms with E-state index >= 15 is 0 Å². The number of ketones is 1. The fourth-order valence-corrected chi connectivity index (χ4v) is 4.90. The molecule has 1 aliphatic heterocycles. The molecule has 5 heteroatoms. The zero-order valence-corrected chi connectivity index (χ0v) is 13.5. The Balaban J connectivity index is 1.96. The van der Waals surface area contributed by atoms with Gasteiger partial charge >= 0.3 is 0 Å². The molecule has 0 aromatic carbocycles. The van der Waals surface area contributed by atoms with Crippen LogP contribution in [0.3, 0.4) is 0 Å². The van der Waals surface area contributed by atoms with Crippen LogP contribution in [0.15, 0.2) is 12.3 Å². The Labute approximate surface area is 123 Å². The maximum Gasteiger partial charge on any atom is 0.152 e. The van der Waals surface area contributed by atoms with Gasteiger partial charge in [0.25, 0.3) is 0 Å². The second kappa shape index (κ2) is 6.84. The highest BCUT2D eigenvalue weighted by Gasteiger charge is 2.29. The average Bonchev–Trinajstić information content (AvgIpc) is 2.86. The van der Waals surface area contributed by atoms with E-state index in [2.05, 4.69) is 25.9 Å². The Bertz CT molecular complexity index is 433. The molecule has 0 aliphatic carbocycles. The quantitative estimate of drug-likeness (QED) is 0.836. The van der Waals surface area contributed by atoms with Gasteiger partial charge in [0.15, 0.2) is 5.78 Å². The zero-order valence-electron chi connectivity index (χ0n) is 11.8. The Morgan fingerprint density at radius 3 is 2.95 bits per heavy atom. The summed E-state index contributed by atoms with van der Waals surface area (Å²) >= 11 is 3.72. The Kier molecular flexibility index (Phi) is 5.39. The van der Waals surface area contributed by atoms with Crippen LogP contribution >= 0.6 is 23.5 Å². The molecule has 0 N–H and O–H groups in total. The molecule has 3 unspecified atom stereocenters. The fourth-order valence-electron chi connectivity index (χ4n) is 2.17. The standard InChI is InChI=1S/C14H22N2OS2/c1-4-10(2)16-6-5-12(15-16)9-13(17)14-11(3)18-7-8-19-14/h5-6,10-11,14H,4,7-9H2,1-3H3. The number of aromatic nitrogens is 2. The minimum atomic E-state index is 0.146. The number of nitrogens with zero attached hydrogens (tertiary/aromatic N) is 2. The van der Waals surface area contributed by atoms with E-state index in [4.69, 9.17) is 0 Å². The smallest absolute Gasteiger partial charge is 0.152 e. The van der Waals surface area contributed by atoms with Gasteiger partial charge in [0.2, 0.25) is 0 Å². The van der Waals surface area contributed by atoms with E-state index in [0.717, 1.165) is 23.6 Å². The average molecular weight is 298 g/mol. The third-order valence-corrected chi connectivity index (χ3v) is 6.71. The number of carbonyl (C=O) groups excluding carboxylic acids is 1. The fraction of sp³-hybridized carbons (Fsp3) is 0.714. The van der Waals surface area contributed by atoms with E-state index in [0.29, 0.717) is 23.5 Å². The molecule has 1 saturated heterocycles. The van der Waals surface area contributed by atoms with Crippen molar-refractivity contribution in [2.75, 3.05) is 11.5 Å². The molecule has 1 aromatic rings. The highest BCUT2D eigenvalue weighted by molar-refractivity contribution is 8.07. The third-order valence-electron chi connectivity index (χ3n) is 3.57. The molecule has 19 heavy (non-hydrogen) atoms. The van der Waals surface area contributed by atoms with Crippen LogP contribution in [0.25, 0.3) is 0 Å². The second-order valence-corrected chi connectivity index (χ2v) is 7.79. The summed E-state index contributed by atoms with van der Waals surface area (Å²) in [5.41, 5.74) is 0.911. The number of hydrogen-bond acceptors (Lipinski definition) is 4. The number of thioether (sulfide) groups is 2. The van der Waals surface area contributed by atoms with Crippen LogP contribution in [0.2, 0.25) is 0 Å². The molecular formula is C14H22N2OS2. The van der Waals surface area contributed by atoms with Gasteiger partial charge in [-0.1, -0.05) is 13.8 Å². The van der Waals surface area contributed by atoms with E-state index in [9.17, 15) is 4.79 Å². The highest BCUT2D eigenvalue weighted by Crippen LogP contribution is 2.32. The summed E-state index contributed by atoms with van der Waals surface area (Å²) in [4.78, 5) is 12.3. The monoisotopic (exact) mass is 298 g/mol. The van der Waals surface area contributed by atoms with Crippen LogP contribution in [0.5, 0.6) is 0 Å². The van der Waals surface area contributed by atoms with Gasteiger partial charge in [-0.25, -0.2) is 0 Å². The van der Waals surface area contributed by atoms with Crippen molar-refractivity contribution in [3.05, 3.63) is 18.0 Å². The molecular weight excluding hydrogens is 276 g/mol. The number of carbonyl (C=O) groups is 1. The summed E-state index contributed by atoms with van der Waals surface area (Å²) in [6.07, 6.45) is 3.52. The largest absolute Gasteiger partial charge is 0.298 e. The number of Topliss-reactive ketones (excluding diaryl/α,β-unsaturated/α-hetero) is 1. The van der Waals surface area contributed by atoms with Crippen molar-refractivity contribution in [1.29, 1.82) is 0 Å². The summed E-state index contributed by atoms with van der Waals surface area (Å²) < 4.78 is 1.97. The number of hydrogen-bond donors (Lipinski definition) is 0. The zero-order chi connectivity index (χ0) is 13.8. The molecule has 2 rings (SSSR count). The van der Waals surface area contributed by atoms with Crippen LogP contribution in [-0.2, 0) is 11.2 Å². The van der Waals surface area contributed by atoms with E-state index < -0.39 is 0 Å². The first-order chi connectivity index (χ1) is 9.11. The Morgan fingerprint density at radius 2 is 2.26 bits per heavy atom. The Hall–Kier alpha value is -0.420. The minimum Gasteiger partial charge on any atom is -0.298 e. The molecule has 1 fully saturated rings. The molecule has 106 valence electrons. The first kappa shape index (κ1) is 15.0. The van der Waals surface area contributed by atoms with Crippen LogP contribution in [0.4, 0.5) is 0 Å². The van der Waals surface area contributed by atoms with Gasteiger partial charge in [0, 0.05) is 29.0 Å². The maximum absolute atomic E-state index is 12.3. The first-order valence-corrected chi connectivity index (χ1v) is 9.01. The van der Waals surface area contributed by atoms with Gasteiger partial charge in [0.1, 0.15) is 0 Å². The van der Waals surface area contributed by atoms with Gasteiger partial charge in [-0.05, 0) is 19.4 Å². The SMILES string of the molecule is CCC(C)n1ccc(CC(=O)C2SCCSC2C)n1. The summed E-state index contributed by atoms with van der Waals surface area (Å²) in [7, 11) is 0. The third kappa shape index (κ3) is 3.78. The van der Waals surface area contributed by atoms with Gasteiger partial charge in [0.05, 0.1) is 17.4 Å².